The van der Waals surface area contributed by atoms with Gasteiger partial charge in [0.15, 0.2) is 0 Å². The Kier molecular flexibility index (Phi) is 4.76. The highest BCUT2D eigenvalue weighted by Gasteiger charge is 2.42. The fourth-order valence-corrected chi connectivity index (χ4v) is 2.86. The first-order valence-electron chi connectivity index (χ1n) is 7.72. The van der Waals surface area contributed by atoms with E-state index < -0.39 is 17.7 Å². The van der Waals surface area contributed by atoms with Crippen LogP contribution >= 0.6 is 0 Å². The summed E-state index contributed by atoms with van der Waals surface area (Å²) >= 11 is 0. The number of ether oxygens (including phenoxy) is 2. The predicted octanol–water partition coefficient (Wildman–Crippen LogP) is 1.81. The van der Waals surface area contributed by atoms with Crippen molar-refractivity contribution in [3.8, 4) is 0 Å². The van der Waals surface area contributed by atoms with Gasteiger partial charge in [-0.3, -0.25) is 4.90 Å². The van der Waals surface area contributed by atoms with Crippen LogP contribution < -0.4 is 5.73 Å². The summed E-state index contributed by atoms with van der Waals surface area (Å²) < 4.78 is 10.9. The fraction of sp³-hybridized carbons (Fsp3) is 0.867. The maximum absolute atomic E-state index is 12.3. The van der Waals surface area contributed by atoms with Gasteiger partial charge in [0.25, 0.3) is 0 Å². The van der Waals surface area contributed by atoms with Crippen LogP contribution in [0.5, 0.6) is 0 Å². The molecule has 0 aromatic rings. The van der Waals surface area contributed by atoms with Gasteiger partial charge in [-0.2, -0.15) is 0 Å². The lowest BCUT2D eigenvalue weighted by Crippen LogP contribution is -2.44. The second kappa shape index (κ2) is 6.22. The van der Waals surface area contributed by atoms with Gasteiger partial charge in [0.05, 0.1) is 0 Å². The smallest absolute Gasteiger partial charge is 0.411 e. The van der Waals surface area contributed by atoms with Crippen LogP contribution in [0.1, 0.15) is 52.9 Å². The molecule has 1 heterocycles. The van der Waals surface area contributed by atoms with Crippen LogP contribution in [0.3, 0.4) is 0 Å². The van der Waals surface area contributed by atoms with E-state index in [1.165, 1.54) is 4.90 Å². The number of hydrogen-bond acceptors (Lipinski definition) is 5. The molecule has 2 rings (SSSR count). The molecule has 1 saturated carbocycles. The molecule has 1 aliphatic carbocycles. The largest absolute Gasteiger partial charge is 0.461 e. The van der Waals surface area contributed by atoms with Gasteiger partial charge < -0.3 is 15.2 Å². The highest BCUT2D eigenvalue weighted by Crippen LogP contribution is 2.25. The van der Waals surface area contributed by atoms with Crippen molar-refractivity contribution in [1.82, 2.24) is 4.90 Å². The normalized spacial score (nSPS) is 27.0. The van der Waals surface area contributed by atoms with E-state index in [4.69, 9.17) is 15.2 Å². The number of nitrogens with zero attached hydrogens (tertiary/aromatic N) is 1. The number of carbonyl (C=O) groups excluding carboxylic acids is 2. The summed E-state index contributed by atoms with van der Waals surface area (Å²) in [7, 11) is 0. The first-order chi connectivity index (χ1) is 9.76. The quantitative estimate of drug-likeness (QED) is 0.786. The highest BCUT2D eigenvalue weighted by molar-refractivity contribution is 5.82. The zero-order chi connectivity index (χ0) is 15.6. The average Bonchev–Trinajstić information content (AvgIpc) is 2.95. The molecule has 6 nitrogen and oxygen atoms in total. The molecule has 0 bridgehead atoms. The molecular formula is C15H26N2O4. The minimum Gasteiger partial charge on any atom is -0.461 e. The zero-order valence-electron chi connectivity index (χ0n) is 13.1. The third-order valence-electron chi connectivity index (χ3n) is 3.82. The molecule has 120 valence electrons. The Morgan fingerprint density at radius 2 is 1.81 bits per heavy atom. The maximum atomic E-state index is 12.3. The van der Waals surface area contributed by atoms with Crippen LogP contribution in [0, 0.1) is 0 Å². The lowest BCUT2D eigenvalue weighted by atomic mass is 10.2. The van der Waals surface area contributed by atoms with Crippen LogP contribution in [-0.4, -0.2) is 47.3 Å². The Morgan fingerprint density at radius 1 is 1.19 bits per heavy atom. The van der Waals surface area contributed by atoms with E-state index in [2.05, 4.69) is 0 Å². The van der Waals surface area contributed by atoms with Crippen LogP contribution in [0.2, 0.25) is 0 Å². The van der Waals surface area contributed by atoms with Crippen molar-refractivity contribution in [3.63, 3.8) is 0 Å². The summed E-state index contributed by atoms with van der Waals surface area (Å²) in [4.78, 5) is 25.9. The minimum atomic E-state index is -0.615. The van der Waals surface area contributed by atoms with E-state index in [1.807, 2.05) is 0 Å². The second-order valence-corrected chi connectivity index (χ2v) is 6.99. The van der Waals surface area contributed by atoms with E-state index in [0.29, 0.717) is 13.0 Å². The van der Waals surface area contributed by atoms with Gasteiger partial charge in [-0.05, 0) is 52.9 Å². The van der Waals surface area contributed by atoms with Crippen molar-refractivity contribution in [2.75, 3.05) is 6.54 Å². The molecule has 2 aliphatic rings. The lowest BCUT2D eigenvalue weighted by molar-refractivity contribution is -0.154. The number of carbonyl (C=O) groups is 2. The van der Waals surface area contributed by atoms with Crippen LogP contribution in [0.15, 0.2) is 0 Å². The molecule has 0 radical (unpaired) electrons. The Morgan fingerprint density at radius 3 is 2.38 bits per heavy atom. The van der Waals surface area contributed by atoms with Crippen molar-refractivity contribution in [3.05, 3.63) is 0 Å². The average molecular weight is 298 g/mol. The second-order valence-electron chi connectivity index (χ2n) is 6.99. The topological polar surface area (TPSA) is 81.9 Å². The molecule has 0 spiro atoms. The first kappa shape index (κ1) is 16.1. The Balaban J connectivity index is 1.98. The van der Waals surface area contributed by atoms with Gasteiger partial charge in [0, 0.05) is 12.6 Å². The summed E-state index contributed by atoms with van der Waals surface area (Å²) in [5.41, 5.74) is 5.31. The molecule has 1 unspecified atom stereocenters. The van der Waals surface area contributed by atoms with Crippen molar-refractivity contribution in [2.24, 2.45) is 5.73 Å². The third-order valence-corrected chi connectivity index (χ3v) is 3.82. The van der Waals surface area contributed by atoms with Crippen molar-refractivity contribution >= 4 is 12.1 Å². The van der Waals surface area contributed by atoms with E-state index in [1.54, 1.807) is 20.8 Å². The Hall–Kier alpha value is -1.30. The van der Waals surface area contributed by atoms with Gasteiger partial charge in [-0.15, -0.1) is 0 Å². The van der Waals surface area contributed by atoms with Gasteiger partial charge in [0.1, 0.15) is 17.7 Å². The SMILES string of the molecule is CC(C)(C)OC(=O)N1C[C@@H](N)CC1C(=O)OC1CCCC1. The molecule has 2 N–H and O–H groups in total. The van der Waals surface area contributed by atoms with E-state index in [9.17, 15) is 9.59 Å². The molecule has 6 heteroatoms. The Bertz CT molecular complexity index is 399. The molecule has 2 fully saturated rings. The van der Waals surface area contributed by atoms with Gasteiger partial charge >= 0.3 is 12.1 Å². The molecule has 0 aromatic carbocycles. The summed E-state index contributed by atoms with van der Waals surface area (Å²) in [5.74, 6) is -0.347. The number of hydrogen-bond donors (Lipinski definition) is 1. The predicted molar refractivity (Wildman–Crippen MR) is 77.7 cm³/mol. The molecule has 2 atom stereocenters. The van der Waals surface area contributed by atoms with Crippen molar-refractivity contribution in [2.45, 2.75) is 76.7 Å². The first-order valence-corrected chi connectivity index (χ1v) is 7.72. The summed E-state index contributed by atoms with van der Waals surface area (Å²) in [6.07, 6.45) is 3.95. The molecule has 1 saturated heterocycles. The molecule has 21 heavy (non-hydrogen) atoms. The van der Waals surface area contributed by atoms with Crippen molar-refractivity contribution in [1.29, 1.82) is 0 Å². The standard InChI is InChI=1S/C15H26N2O4/c1-15(2,3)21-14(19)17-9-10(16)8-12(17)13(18)20-11-6-4-5-7-11/h10-12H,4-9,16H2,1-3H3/t10-,12?/m0/s1. The summed E-state index contributed by atoms with van der Waals surface area (Å²) in [6.45, 7) is 5.73. The zero-order valence-corrected chi connectivity index (χ0v) is 13.1. The molecule has 1 aliphatic heterocycles. The highest BCUT2D eigenvalue weighted by atomic mass is 16.6. The number of likely N-dealkylation sites (tertiary alicyclic amines) is 1. The monoisotopic (exact) mass is 298 g/mol. The Labute approximate surface area is 125 Å². The summed E-state index contributed by atoms with van der Waals surface area (Å²) in [5, 5.41) is 0. The van der Waals surface area contributed by atoms with Crippen molar-refractivity contribution < 1.29 is 19.1 Å². The van der Waals surface area contributed by atoms with Gasteiger partial charge in [-0.25, -0.2) is 9.59 Å². The van der Waals surface area contributed by atoms with E-state index in [0.717, 1.165) is 25.7 Å². The van der Waals surface area contributed by atoms with Gasteiger partial charge in [-0.1, -0.05) is 0 Å². The van der Waals surface area contributed by atoms with Crippen LogP contribution in [0.25, 0.3) is 0 Å². The fourth-order valence-electron chi connectivity index (χ4n) is 2.86. The third kappa shape index (κ3) is 4.33. The summed E-state index contributed by atoms with van der Waals surface area (Å²) in [6, 6.07) is -0.825. The van der Waals surface area contributed by atoms with Gasteiger partial charge in [0.2, 0.25) is 0 Å². The number of rotatable bonds is 2. The molecule has 1 amide bonds. The lowest BCUT2D eigenvalue weighted by Gasteiger charge is -2.28. The number of nitrogens with two attached hydrogens (primary N) is 1. The molecular weight excluding hydrogens is 272 g/mol. The minimum absolute atomic E-state index is 0.00480. The van der Waals surface area contributed by atoms with E-state index >= 15 is 0 Å². The number of esters is 1. The maximum Gasteiger partial charge on any atom is 0.411 e. The number of amides is 1. The van der Waals surface area contributed by atoms with Crippen LogP contribution in [0.4, 0.5) is 4.79 Å². The van der Waals surface area contributed by atoms with Crippen LogP contribution in [-0.2, 0) is 14.3 Å². The van der Waals surface area contributed by atoms with E-state index in [-0.39, 0.29) is 18.1 Å². The molecule has 0 aromatic heterocycles.